The number of unbranched alkanes of at least 4 members (excludes halogenated alkanes) is 28. The average molecular weight is 1120 g/mol. The monoisotopic (exact) mass is 1110 g/mol. The SMILES string of the molecule is CCCCCCCCCCc1ccccc1N(C(=S)[S-])c1ccccc1CCCCCCCCCC.CCCCCCCCCCc1ccccc1N(C(=S)[S-])c1ccccc1CCCCCCCCCC.[Zn+2]. The van der Waals surface area contributed by atoms with Gasteiger partial charge in [0.25, 0.3) is 0 Å². The molecule has 0 aliphatic rings. The van der Waals surface area contributed by atoms with Gasteiger partial charge in [0.2, 0.25) is 0 Å². The van der Waals surface area contributed by atoms with Crippen LogP contribution in [0, 0.1) is 0 Å². The Morgan fingerprint density at radius 3 is 0.630 bits per heavy atom. The molecule has 0 saturated heterocycles. The number of benzene rings is 4. The van der Waals surface area contributed by atoms with Crippen molar-refractivity contribution < 1.29 is 19.5 Å². The summed E-state index contributed by atoms with van der Waals surface area (Å²) in [6.07, 6.45) is 47.2. The van der Waals surface area contributed by atoms with E-state index in [1.54, 1.807) is 0 Å². The van der Waals surface area contributed by atoms with Crippen LogP contribution in [0.25, 0.3) is 0 Å². The van der Waals surface area contributed by atoms with Crippen molar-refractivity contribution in [1.29, 1.82) is 0 Å². The topological polar surface area (TPSA) is 6.48 Å². The third kappa shape index (κ3) is 28.6. The van der Waals surface area contributed by atoms with Crippen molar-refractivity contribution in [3.8, 4) is 0 Å². The number of anilines is 4. The number of nitrogens with zero attached hydrogens (tertiary/aromatic N) is 2. The molecular formula is C66H100N2S4Zn. The van der Waals surface area contributed by atoms with Gasteiger partial charge in [-0.2, -0.15) is 0 Å². The number of aryl methyl sites for hydroxylation is 4. The maximum Gasteiger partial charge on any atom is 2.00 e. The molecule has 7 heteroatoms. The molecule has 0 amide bonds. The van der Waals surface area contributed by atoms with Crippen LogP contribution in [0.3, 0.4) is 0 Å². The smallest absolute Gasteiger partial charge is 0.411 e. The zero-order chi connectivity index (χ0) is 51.7. The van der Waals surface area contributed by atoms with Crippen LogP contribution < -0.4 is 9.80 Å². The van der Waals surface area contributed by atoms with Gasteiger partial charge in [-0.15, -0.1) is 0 Å². The van der Waals surface area contributed by atoms with Crippen molar-refractivity contribution in [1.82, 2.24) is 0 Å². The second-order valence-electron chi connectivity index (χ2n) is 20.6. The molecule has 0 N–H and O–H groups in total. The Bertz CT molecular complexity index is 1720. The second kappa shape index (κ2) is 44.8. The normalized spacial score (nSPS) is 10.9. The van der Waals surface area contributed by atoms with E-state index in [0.717, 1.165) is 25.7 Å². The van der Waals surface area contributed by atoms with Gasteiger partial charge in [0.05, 0.1) is 0 Å². The summed E-state index contributed by atoms with van der Waals surface area (Å²) in [6.45, 7) is 9.13. The Hall–Kier alpha value is -2.28. The fourth-order valence-corrected chi connectivity index (χ4v) is 11.0. The summed E-state index contributed by atoms with van der Waals surface area (Å²) in [5.41, 5.74) is 10.1. The molecule has 0 bridgehead atoms. The van der Waals surface area contributed by atoms with Crippen molar-refractivity contribution in [3.63, 3.8) is 0 Å². The standard InChI is InChI=1S/2C33H51NS2.Zn/c2*1-3-5-7-9-11-13-15-17-23-29-25-19-21-27-31(29)34(33(35)36)32-28-22-20-26-30(32)24-18-16-14-12-10-8-6-4-2;/h2*19-22,25-28H,3-18,23-24H2,1-2H3,(H,35,36);/q;;+2/p-2. The van der Waals surface area contributed by atoms with Crippen LogP contribution in [0.4, 0.5) is 22.7 Å². The summed E-state index contributed by atoms with van der Waals surface area (Å²) in [7, 11) is 0. The molecule has 0 aliphatic carbocycles. The third-order valence-electron chi connectivity index (χ3n) is 14.5. The molecule has 0 saturated carbocycles. The Morgan fingerprint density at radius 2 is 0.452 bits per heavy atom. The first-order valence-corrected chi connectivity index (χ1v) is 31.3. The molecule has 0 fully saturated rings. The van der Waals surface area contributed by atoms with E-state index in [1.807, 2.05) is 0 Å². The summed E-state index contributed by atoms with van der Waals surface area (Å²) >= 11 is 22.6. The predicted octanol–water partition coefficient (Wildman–Crippen LogP) is 22.0. The number of thiocarbonyl (C=S) groups is 2. The molecule has 0 unspecified atom stereocenters. The van der Waals surface area contributed by atoms with E-state index in [0.29, 0.717) is 8.64 Å². The molecule has 0 spiro atoms. The van der Waals surface area contributed by atoms with Crippen LogP contribution in [-0.2, 0) is 70.4 Å². The van der Waals surface area contributed by atoms with Gasteiger partial charge in [-0.3, -0.25) is 0 Å². The van der Waals surface area contributed by atoms with Gasteiger partial charge in [-0.25, -0.2) is 0 Å². The number of rotatable bonds is 40. The predicted molar refractivity (Wildman–Crippen MR) is 335 cm³/mol. The van der Waals surface area contributed by atoms with Crippen LogP contribution in [0.1, 0.15) is 255 Å². The maximum absolute atomic E-state index is 5.65. The Morgan fingerprint density at radius 1 is 0.288 bits per heavy atom. The van der Waals surface area contributed by atoms with Crippen molar-refractivity contribution in [2.75, 3.05) is 9.80 Å². The number of hydrogen-bond donors (Lipinski definition) is 0. The van der Waals surface area contributed by atoms with Crippen molar-refractivity contribution in [3.05, 3.63) is 119 Å². The molecule has 0 aromatic heterocycles. The molecule has 0 heterocycles. The minimum Gasteiger partial charge on any atom is -0.411 e. The van der Waals surface area contributed by atoms with Crippen molar-refractivity contribution >= 4 is 81.1 Å². The summed E-state index contributed by atoms with van der Waals surface area (Å²) < 4.78 is 1.03. The quantitative estimate of drug-likeness (QED) is 0.0188. The van der Waals surface area contributed by atoms with E-state index >= 15 is 0 Å². The van der Waals surface area contributed by atoms with Gasteiger partial charge in [-0.05, 0) is 97.9 Å². The van der Waals surface area contributed by atoms with Crippen LogP contribution in [0.15, 0.2) is 97.1 Å². The third-order valence-corrected chi connectivity index (χ3v) is 15.2. The Balaban J connectivity index is 0.000000493. The minimum absolute atomic E-state index is 0. The average Bonchev–Trinajstić information content (AvgIpc) is 3.39. The minimum atomic E-state index is 0. The van der Waals surface area contributed by atoms with Gasteiger partial charge in [0.1, 0.15) is 0 Å². The molecule has 4 aromatic carbocycles. The molecular weight excluding hydrogens is 1010 g/mol. The summed E-state index contributed by atoms with van der Waals surface area (Å²) in [6, 6.07) is 34.9. The van der Waals surface area contributed by atoms with E-state index in [-0.39, 0.29) is 19.5 Å². The Kier molecular flexibility index (Phi) is 41.0. The van der Waals surface area contributed by atoms with E-state index < -0.39 is 0 Å². The maximum atomic E-state index is 5.65. The Labute approximate surface area is 484 Å². The molecule has 0 radical (unpaired) electrons. The van der Waals surface area contributed by atoms with E-state index in [9.17, 15) is 0 Å². The van der Waals surface area contributed by atoms with Gasteiger partial charge in [0.15, 0.2) is 0 Å². The summed E-state index contributed by atoms with van der Waals surface area (Å²) in [4.78, 5) is 4.32. The van der Waals surface area contributed by atoms with Gasteiger partial charge >= 0.3 is 19.5 Å². The molecule has 4 aromatic rings. The largest absolute Gasteiger partial charge is 2.00 e. The van der Waals surface area contributed by atoms with Crippen LogP contribution >= 0.6 is 24.4 Å². The van der Waals surface area contributed by atoms with Crippen molar-refractivity contribution in [2.45, 2.75) is 259 Å². The van der Waals surface area contributed by atoms with Crippen LogP contribution in [-0.4, -0.2) is 8.64 Å². The van der Waals surface area contributed by atoms with E-state index in [1.165, 1.54) is 250 Å². The van der Waals surface area contributed by atoms with Crippen molar-refractivity contribution in [2.24, 2.45) is 0 Å². The second-order valence-corrected chi connectivity index (χ2v) is 22.7. The van der Waals surface area contributed by atoms with Gasteiger partial charge in [-0.1, -0.05) is 289 Å². The number of hydrogen-bond acceptors (Lipinski definition) is 4. The summed E-state index contributed by atoms with van der Waals surface area (Å²) in [5.74, 6) is 0. The molecule has 73 heavy (non-hydrogen) atoms. The molecule has 2 nitrogen and oxygen atoms in total. The molecule has 4 rings (SSSR count). The first-order chi connectivity index (χ1) is 35.4. The zero-order valence-electron chi connectivity index (χ0n) is 46.9. The van der Waals surface area contributed by atoms with Gasteiger partial charge in [0, 0.05) is 22.7 Å². The first kappa shape index (κ1) is 66.8. The zero-order valence-corrected chi connectivity index (χ0v) is 53.2. The fourth-order valence-electron chi connectivity index (χ4n) is 10.2. The summed E-state index contributed by atoms with van der Waals surface area (Å²) in [5, 5.41) is 0. The fraction of sp³-hybridized carbons (Fsp3) is 0.606. The molecule has 0 aliphatic heterocycles. The van der Waals surface area contributed by atoms with Crippen LogP contribution in [0.5, 0.6) is 0 Å². The van der Waals surface area contributed by atoms with E-state index in [2.05, 4.69) is 135 Å². The van der Waals surface area contributed by atoms with E-state index in [4.69, 9.17) is 49.7 Å². The first-order valence-electron chi connectivity index (χ1n) is 29.7. The molecule has 400 valence electrons. The van der Waals surface area contributed by atoms with Gasteiger partial charge < -0.3 is 59.5 Å². The van der Waals surface area contributed by atoms with Crippen LogP contribution in [0.2, 0.25) is 0 Å². The molecule has 0 atom stereocenters. The number of para-hydroxylation sites is 4.